The molecule has 2 nitrogen and oxygen atoms in total. The lowest BCUT2D eigenvalue weighted by molar-refractivity contribution is 0.113. The molecule has 0 saturated carbocycles. The summed E-state index contributed by atoms with van der Waals surface area (Å²) in [6, 6.07) is 8.10. The molecule has 0 saturated heterocycles. The third-order valence-corrected chi connectivity index (χ3v) is 4.71. The van der Waals surface area contributed by atoms with Crippen molar-refractivity contribution < 1.29 is 10.2 Å². The Morgan fingerprint density at radius 3 is 2.61 bits per heavy atom. The van der Waals surface area contributed by atoms with E-state index in [0.29, 0.717) is 5.92 Å². The summed E-state index contributed by atoms with van der Waals surface area (Å²) in [7, 11) is 0. The van der Waals surface area contributed by atoms with Crippen LogP contribution in [0.25, 0.3) is 0 Å². The monoisotopic (exact) mass is 240 g/mol. The zero-order chi connectivity index (χ0) is 12.3. The summed E-state index contributed by atoms with van der Waals surface area (Å²) < 4.78 is 0. The van der Waals surface area contributed by atoms with Crippen LogP contribution in [0.5, 0.6) is 0 Å². The summed E-state index contributed by atoms with van der Waals surface area (Å²) >= 11 is 0. The van der Waals surface area contributed by atoms with Crippen molar-refractivity contribution in [1.82, 2.24) is 0 Å². The molecule has 0 spiro atoms. The fourth-order valence-electron chi connectivity index (χ4n) is 3.80. The molecule has 0 radical (unpaired) electrons. The van der Waals surface area contributed by atoms with Crippen molar-refractivity contribution in [2.24, 2.45) is 5.92 Å². The van der Waals surface area contributed by atoms with Crippen LogP contribution in [0, 0.1) is 5.92 Å². The van der Waals surface area contributed by atoms with Gasteiger partial charge in [0.25, 0.3) is 0 Å². The minimum absolute atomic E-state index is 0.178. The molecule has 1 aromatic rings. The van der Waals surface area contributed by atoms with Crippen LogP contribution in [0.1, 0.15) is 36.0 Å². The van der Waals surface area contributed by atoms with E-state index in [1.165, 1.54) is 5.56 Å². The minimum Gasteiger partial charge on any atom is -0.388 e. The number of hydrogen-bond acceptors (Lipinski definition) is 2. The van der Waals surface area contributed by atoms with E-state index in [0.717, 1.165) is 29.6 Å². The second-order valence-electron chi connectivity index (χ2n) is 5.54. The van der Waals surface area contributed by atoms with E-state index in [1.54, 1.807) is 0 Å². The predicted octanol–water partition coefficient (Wildman–Crippen LogP) is 2.45. The van der Waals surface area contributed by atoms with Crippen LogP contribution in [0.15, 0.2) is 47.6 Å². The highest BCUT2D eigenvalue weighted by Crippen LogP contribution is 2.51. The van der Waals surface area contributed by atoms with Crippen LogP contribution in [0.3, 0.4) is 0 Å². The molecule has 0 aromatic heterocycles. The van der Waals surface area contributed by atoms with Crippen LogP contribution in [0.2, 0.25) is 0 Å². The lowest BCUT2D eigenvalue weighted by atomic mass is 9.73. The molecule has 5 rings (SSSR count). The third kappa shape index (κ3) is 1.20. The molecule has 0 aliphatic heterocycles. The largest absolute Gasteiger partial charge is 0.388 e. The molecular formula is C16H16O2. The quantitative estimate of drug-likeness (QED) is 0.731. The standard InChI is InChI=1S/C16H16O2/c17-15-9-5-7-11-10-3-1-2-4-13(10)16(18)14(15)12(11)8-6-9/h1-4,6,8-9,11,15-18H,5,7H2. The summed E-state index contributed by atoms with van der Waals surface area (Å²) in [4.78, 5) is 0. The van der Waals surface area contributed by atoms with Crippen LogP contribution >= 0.6 is 0 Å². The number of allylic oxidation sites excluding steroid dienone is 2. The SMILES string of the molecule is OC1C2=C3C=CC(CCC3c3ccccc31)C2O. The second kappa shape index (κ2) is 3.56. The minimum atomic E-state index is -0.631. The van der Waals surface area contributed by atoms with Gasteiger partial charge in [0.05, 0.1) is 6.10 Å². The third-order valence-electron chi connectivity index (χ3n) is 4.71. The maximum atomic E-state index is 10.5. The topological polar surface area (TPSA) is 40.5 Å². The van der Waals surface area contributed by atoms with Crippen molar-refractivity contribution in [3.05, 3.63) is 58.7 Å². The average Bonchev–Trinajstić information content (AvgIpc) is 2.67. The Bertz CT molecular complexity index is 570. The molecule has 0 heterocycles. The van der Waals surface area contributed by atoms with Gasteiger partial charge in [-0.1, -0.05) is 36.4 Å². The van der Waals surface area contributed by atoms with Crippen molar-refractivity contribution in [2.45, 2.75) is 31.0 Å². The van der Waals surface area contributed by atoms with Gasteiger partial charge in [-0.15, -0.1) is 0 Å². The molecule has 4 aliphatic carbocycles. The van der Waals surface area contributed by atoms with Gasteiger partial charge in [-0.3, -0.25) is 0 Å². The van der Waals surface area contributed by atoms with Crippen LogP contribution in [-0.4, -0.2) is 16.3 Å². The van der Waals surface area contributed by atoms with Gasteiger partial charge >= 0.3 is 0 Å². The Balaban J connectivity index is 1.99. The fourth-order valence-corrected chi connectivity index (χ4v) is 3.80. The lowest BCUT2D eigenvalue weighted by Gasteiger charge is -2.35. The first-order chi connectivity index (χ1) is 8.77. The maximum absolute atomic E-state index is 10.5. The molecule has 1 aromatic carbocycles. The summed E-state index contributed by atoms with van der Waals surface area (Å²) in [6.45, 7) is 0. The summed E-state index contributed by atoms with van der Waals surface area (Å²) in [5, 5.41) is 21.0. The first-order valence-electron chi connectivity index (χ1n) is 6.64. The number of aliphatic hydroxyl groups is 2. The van der Waals surface area contributed by atoms with Gasteiger partial charge in [0, 0.05) is 11.8 Å². The van der Waals surface area contributed by atoms with Crippen molar-refractivity contribution in [3.8, 4) is 0 Å². The van der Waals surface area contributed by atoms with Gasteiger partial charge in [-0.2, -0.15) is 0 Å². The Morgan fingerprint density at radius 2 is 1.78 bits per heavy atom. The fraction of sp³-hybridized carbons (Fsp3) is 0.375. The lowest BCUT2D eigenvalue weighted by Crippen LogP contribution is -2.29. The van der Waals surface area contributed by atoms with E-state index in [1.807, 2.05) is 18.2 Å². The van der Waals surface area contributed by atoms with E-state index in [4.69, 9.17) is 0 Å². The van der Waals surface area contributed by atoms with E-state index in [9.17, 15) is 10.2 Å². The molecule has 2 heteroatoms. The zero-order valence-corrected chi connectivity index (χ0v) is 10.1. The predicted molar refractivity (Wildman–Crippen MR) is 69.0 cm³/mol. The molecule has 4 bridgehead atoms. The highest BCUT2D eigenvalue weighted by molar-refractivity contribution is 5.54. The first kappa shape index (κ1) is 10.5. The highest BCUT2D eigenvalue weighted by Gasteiger charge is 2.42. The van der Waals surface area contributed by atoms with Gasteiger partial charge in [-0.25, -0.2) is 0 Å². The highest BCUT2D eigenvalue weighted by atomic mass is 16.3. The molecule has 4 atom stereocenters. The molecule has 0 amide bonds. The van der Waals surface area contributed by atoms with Gasteiger partial charge in [0.1, 0.15) is 6.10 Å². The van der Waals surface area contributed by atoms with Crippen molar-refractivity contribution in [1.29, 1.82) is 0 Å². The van der Waals surface area contributed by atoms with Gasteiger partial charge < -0.3 is 10.2 Å². The van der Waals surface area contributed by atoms with E-state index >= 15 is 0 Å². The van der Waals surface area contributed by atoms with Crippen molar-refractivity contribution in [3.63, 3.8) is 0 Å². The van der Waals surface area contributed by atoms with Gasteiger partial charge in [-0.05, 0) is 35.1 Å². The maximum Gasteiger partial charge on any atom is 0.103 e. The Morgan fingerprint density at radius 1 is 1.00 bits per heavy atom. The Labute approximate surface area is 106 Å². The molecule has 2 N–H and O–H groups in total. The molecular weight excluding hydrogens is 224 g/mol. The van der Waals surface area contributed by atoms with Crippen molar-refractivity contribution in [2.75, 3.05) is 0 Å². The van der Waals surface area contributed by atoms with E-state index in [-0.39, 0.29) is 5.92 Å². The second-order valence-corrected chi connectivity index (χ2v) is 5.54. The Hall–Kier alpha value is -1.38. The molecule has 18 heavy (non-hydrogen) atoms. The number of aliphatic hydroxyl groups excluding tert-OH is 2. The van der Waals surface area contributed by atoms with E-state index in [2.05, 4.69) is 18.2 Å². The average molecular weight is 240 g/mol. The first-order valence-corrected chi connectivity index (χ1v) is 6.64. The van der Waals surface area contributed by atoms with Gasteiger partial charge in [0.15, 0.2) is 0 Å². The number of fused-ring (bicyclic) bond motifs is 2. The Kier molecular flexibility index (Phi) is 2.08. The number of hydrogen-bond donors (Lipinski definition) is 2. The summed E-state index contributed by atoms with van der Waals surface area (Å²) in [6.07, 6.45) is 5.17. The van der Waals surface area contributed by atoms with Crippen molar-refractivity contribution >= 4 is 0 Å². The van der Waals surface area contributed by atoms with Crippen LogP contribution in [0.4, 0.5) is 0 Å². The molecule has 0 fully saturated rings. The molecule has 92 valence electrons. The number of benzene rings is 1. The summed E-state index contributed by atoms with van der Waals surface area (Å²) in [5.74, 6) is 0.538. The normalized spacial score (nSPS) is 36.6. The molecule has 4 aliphatic rings. The van der Waals surface area contributed by atoms with E-state index < -0.39 is 12.2 Å². The molecule has 4 unspecified atom stereocenters. The summed E-state index contributed by atoms with van der Waals surface area (Å²) in [5.41, 5.74) is 4.23. The number of rotatable bonds is 0. The zero-order valence-electron chi connectivity index (χ0n) is 10.1. The van der Waals surface area contributed by atoms with Crippen LogP contribution in [-0.2, 0) is 0 Å². The van der Waals surface area contributed by atoms with Gasteiger partial charge in [0.2, 0.25) is 0 Å². The smallest absolute Gasteiger partial charge is 0.103 e. The van der Waals surface area contributed by atoms with Crippen LogP contribution < -0.4 is 0 Å².